The van der Waals surface area contributed by atoms with Gasteiger partial charge in [0.2, 0.25) is 5.91 Å². The molecule has 0 unspecified atom stereocenters. The summed E-state index contributed by atoms with van der Waals surface area (Å²) < 4.78 is 0. The molecule has 0 fully saturated rings. The summed E-state index contributed by atoms with van der Waals surface area (Å²) in [6.07, 6.45) is 3.46. The van der Waals surface area contributed by atoms with Crippen molar-refractivity contribution >= 4 is 11.7 Å². The Morgan fingerprint density at radius 1 is 1.08 bits per heavy atom. The zero-order valence-electron chi connectivity index (χ0n) is 16.3. The lowest BCUT2D eigenvalue weighted by molar-refractivity contribution is -0.121. The van der Waals surface area contributed by atoms with Gasteiger partial charge in [0, 0.05) is 24.9 Å². The first-order chi connectivity index (χ1) is 12.6. The van der Waals surface area contributed by atoms with E-state index in [1.165, 1.54) is 11.1 Å². The predicted molar refractivity (Wildman–Crippen MR) is 106 cm³/mol. The van der Waals surface area contributed by atoms with Crippen LogP contribution in [0.2, 0.25) is 0 Å². The Labute approximate surface area is 157 Å². The monoisotopic (exact) mass is 359 g/mol. The normalized spacial score (nSPS) is 14.0. The summed E-state index contributed by atoms with van der Waals surface area (Å²) in [6.45, 7) is 9.99. The summed E-state index contributed by atoms with van der Waals surface area (Å²) in [4.78, 5) is 26.7. The minimum atomic E-state index is -0.0307. The molecule has 1 aliphatic rings. The molecule has 1 aliphatic heterocycles. The van der Waals surface area contributed by atoms with E-state index < -0.39 is 0 Å². The van der Waals surface area contributed by atoms with Crippen LogP contribution < -0.4 is 10.6 Å². The second kappa shape index (κ2) is 11.1. The van der Waals surface area contributed by atoms with Crippen LogP contribution >= 0.6 is 0 Å². The Hall–Kier alpha value is -1.72. The fourth-order valence-electron chi connectivity index (χ4n) is 3.38. The molecule has 26 heavy (non-hydrogen) atoms. The molecule has 5 nitrogen and oxygen atoms in total. The zero-order valence-corrected chi connectivity index (χ0v) is 16.3. The van der Waals surface area contributed by atoms with Crippen LogP contribution in [0.5, 0.6) is 0 Å². The van der Waals surface area contributed by atoms with E-state index in [1.54, 1.807) is 0 Å². The third-order valence-electron chi connectivity index (χ3n) is 5.12. The van der Waals surface area contributed by atoms with Crippen LogP contribution in [-0.4, -0.2) is 55.9 Å². The molecule has 0 radical (unpaired) electrons. The van der Waals surface area contributed by atoms with E-state index in [4.69, 9.17) is 0 Å². The summed E-state index contributed by atoms with van der Waals surface area (Å²) >= 11 is 0. The fourth-order valence-corrected chi connectivity index (χ4v) is 3.38. The number of amides is 1. The molecule has 0 bridgehead atoms. The molecule has 0 atom stereocenters. The third-order valence-corrected chi connectivity index (χ3v) is 5.12. The highest BCUT2D eigenvalue weighted by molar-refractivity contribution is 5.98. The van der Waals surface area contributed by atoms with Gasteiger partial charge in [-0.15, -0.1) is 0 Å². The van der Waals surface area contributed by atoms with E-state index >= 15 is 0 Å². The molecule has 2 rings (SSSR count). The first-order valence-electron chi connectivity index (χ1n) is 9.98. The van der Waals surface area contributed by atoms with Gasteiger partial charge < -0.3 is 15.5 Å². The summed E-state index contributed by atoms with van der Waals surface area (Å²) in [5.74, 6) is 0.0279. The Bertz CT molecular complexity index is 597. The molecular formula is C21H33N3O2. The van der Waals surface area contributed by atoms with Crippen molar-refractivity contribution in [1.82, 2.24) is 15.5 Å². The number of ketones is 1. The molecule has 2 N–H and O–H groups in total. The summed E-state index contributed by atoms with van der Waals surface area (Å²) in [7, 11) is 0. The van der Waals surface area contributed by atoms with Gasteiger partial charge in [-0.25, -0.2) is 0 Å². The van der Waals surface area contributed by atoms with Crippen molar-refractivity contribution in [3.63, 3.8) is 0 Å². The molecule has 1 aromatic rings. The third kappa shape index (κ3) is 6.54. The van der Waals surface area contributed by atoms with Crippen molar-refractivity contribution < 1.29 is 9.59 Å². The van der Waals surface area contributed by atoms with Crippen LogP contribution in [0.1, 0.15) is 54.6 Å². The van der Waals surface area contributed by atoms with Crippen LogP contribution in [0.25, 0.3) is 0 Å². The van der Waals surface area contributed by atoms with Gasteiger partial charge in [-0.1, -0.05) is 26.0 Å². The van der Waals surface area contributed by atoms with Gasteiger partial charge >= 0.3 is 0 Å². The number of nitrogens with zero attached hydrogens (tertiary/aromatic N) is 1. The maximum Gasteiger partial charge on any atom is 0.220 e. The van der Waals surface area contributed by atoms with E-state index in [0.717, 1.165) is 57.5 Å². The van der Waals surface area contributed by atoms with Gasteiger partial charge in [-0.05, 0) is 69.2 Å². The second-order valence-corrected chi connectivity index (χ2v) is 6.89. The summed E-state index contributed by atoms with van der Waals surface area (Å²) in [5, 5.41) is 6.31. The Balaban J connectivity index is 1.72. The standard InChI is InChI=1S/C21H33N3O2/c1-3-24(4-2)15-5-12-23-21(26)9-8-20(25)19-7-6-17-10-13-22-14-11-18(17)16-19/h6-7,16,22H,3-5,8-15H2,1-2H3,(H,23,26). The predicted octanol–water partition coefficient (Wildman–Crippen LogP) is 2.19. The van der Waals surface area contributed by atoms with Crippen molar-refractivity contribution in [1.29, 1.82) is 0 Å². The average molecular weight is 360 g/mol. The minimum absolute atomic E-state index is 0.0307. The van der Waals surface area contributed by atoms with Gasteiger partial charge in [0.25, 0.3) is 0 Å². The molecule has 0 saturated heterocycles. The number of fused-ring (bicyclic) bond motifs is 1. The highest BCUT2D eigenvalue weighted by Gasteiger charge is 2.13. The van der Waals surface area contributed by atoms with Gasteiger partial charge in [0.1, 0.15) is 0 Å². The zero-order chi connectivity index (χ0) is 18.8. The number of hydrogen-bond donors (Lipinski definition) is 2. The summed E-state index contributed by atoms with van der Waals surface area (Å²) in [6, 6.07) is 6.00. The van der Waals surface area contributed by atoms with E-state index in [1.807, 2.05) is 12.1 Å². The number of carbonyl (C=O) groups excluding carboxylic acids is 2. The van der Waals surface area contributed by atoms with Crippen LogP contribution in [0.4, 0.5) is 0 Å². The number of hydrogen-bond acceptors (Lipinski definition) is 4. The van der Waals surface area contributed by atoms with Gasteiger partial charge in [-0.3, -0.25) is 9.59 Å². The first-order valence-corrected chi connectivity index (χ1v) is 9.98. The quantitative estimate of drug-likeness (QED) is 0.497. The maximum absolute atomic E-state index is 12.4. The average Bonchev–Trinajstić information content (AvgIpc) is 2.91. The van der Waals surface area contributed by atoms with Gasteiger partial charge in [0.05, 0.1) is 0 Å². The Morgan fingerprint density at radius 3 is 2.54 bits per heavy atom. The molecular weight excluding hydrogens is 326 g/mol. The molecule has 0 aliphatic carbocycles. The Kier molecular flexibility index (Phi) is 8.78. The van der Waals surface area contributed by atoms with E-state index in [-0.39, 0.29) is 24.5 Å². The number of nitrogens with one attached hydrogen (secondary N) is 2. The number of Topliss-reactive ketones (excluding diaryl/α,β-unsaturated/α-hetero) is 1. The van der Waals surface area contributed by atoms with Crippen LogP contribution in [0.3, 0.4) is 0 Å². The molecule has 1 amide bonds. The maximum atomic E-state index is 12.4. The lowest BCUT2D eigenvalue weighted by atomic mass is 9.97. The van der Waals surface area contributed by atoms with E-state index in [9.17, 15) is 9.59 Å². The largest absolute Gasteiger partial charge is 0.356 e. The molecule has 0 saturated carbocycles. The smallest absolute Gasteiger partial charge is 0.220 e. The molecule has 1 aromatic carbocycles. The number of benzene rings is 1. The topological polar surface area (TPSA) is 61.4 Å². The van der Waals surface area contributed by atoms with Crippen LogP contribution in [0.15, 0.2) is 18.2 Å². The number of rotatable bonds is 10. The van der Waals surface area contributed by atoms with E-state index in [2.05, 4.69) is 35.4 Å². The Morgan fingerprint density at radius 2 is 1.81 bits per heavy atom. The second-order valence-electron chi connectivity index (χ2n) is 6.89. The lowest BCUT2D eigenvalue weighted by Gasteiger charge is -2.17. The van der Waals surface area contributed by atoms with Crippen molar-refractivity contribution in [3.8, 4) is 0 Å². The highest BCUT2D eigenvalue weighted by atomic mass is 16.2. The van der Waals surface area contributed by atoms with Crippen molar-refractivity contribution in [2.24, 2.45) is 0 Å². The fraction of sp³-hybridized carbons (Fsp3) is 0.619. The van der Waals surface area contributed by atoms with Gasteiger partial charge in [0.15, 0.2) is 5.78 Å². The molecule has 144 valence electrons. The number of carbonyl (C=O) groups is 2. The summed E-state index contributed by atoms with van der Waals surface area (Å²) in [5.41, 5.74) is 3.33. The molecule has 1 heterocycles. The van der Waals surface area contributed by atoms with Crippen LogP contribution in [-0.2, 0) is 17.6 Å². The minimum Gasteiger partial charge on any atom is -0.356 e. The van der Waals surface area contributed by atoms with Gasteiger partial charge in [-0.2, -0.15) is 0 Å². The first kappa shape index (κ1) is 20.6. The van der Waals surface area contributed by atoms with Crippen molar-refractivity contribution in [2.45, 2.75) is 46.0 Å². The van der Waals surface area contributed by atoms with Crippen molar-refractivity contribution in [3.05, 3.63) is 34.9 Å². The molecule has 0 spiro atoms. The molecule has 5 heteroatoms. The molecule has 0 aromatic heterocycles. The van der Waals surface area contributed by atoms with Crippen molar-refractivity contribution in [2.75, 3.05) is 39.3 Å². The lowest BCUT2D eigenvalue weighted by Crippen LogP contribution is -2.30. The highest BCUT2D eigenvalue weighted by Crippen LogP contribution is 2.17. The van der Waals surface area contributed by atoms with Crippen LogP contribution in [0, 0.1) is 0 Å². The SMILES string of the molecule is CCN(CC)CCCNC(=O)CCC(=O)c1ccc2c(c1)CCNCC2. The van der Waals surface area contributed by atoms with E-state index in [0.29, 0.717) is 6.54 Å².